The second-order valence-corrected chi connectivity index (χ2v) is 6.11. The maximum atomic E-state index is 12.3. The van der Waals surface area contributed by atoms with E-state index in [4.69, 9.17) is 5.73 Å². The van der Waals surface area contributed by atoms with Crippen molar-refractivity contribution in [3.05, 3.63) is 40.3 Å². The Morgan fingerprint density at radius 2 is 2.05 bits per heavy atom. The number of amides is 1. The molecule has 0 aliphatic heterocycles. The van der Waals surface area contributed by atoms with Gasteiger partial charge in [-0.2, -0.15) is 0 Å². The van der Waals surface area contributed by atoms with Gasteiger partial charge < -0.3 is 16.4 Å². The fraction of sp³-hybridized carbons (Fsp3) is 0.333. The molecule has 1 amide bonds. The van der Waals surface area contributed by atoms with Crippen molar-refractivity contribution in [1.82, 2.24) is 10.3 Å². The number of thiazole rings is 1. The van der Waals surface area contributed by atoms with Crippen LogP contribution in [0.25, 0.3) is 0 Å². The number of benzene rings is 1. The summed E-state index contributed by atoms with van der Waals surface area (Å²) in [5.41, 5.74) is 8.46. The van der Waals surface area contributed by atoms with E-state index in [1.54, 1.807) is 0 Å². The molecule has 1 aliphatic rings. The topological polar surface area (TPSA) is 80.0 Å². The summed E-state index contributed by atoms with van der Waals surface area (Å²) < 4.78 is 0. The van der Waals surface area contributed by atoms with E-state index in [0.29, 0.717) is 15.8 Å². The first kappa shape index (κ1) is 13.9. The molecule has 0 bridgehead atoms. The van der Waals surface area contributed by atoms with Crippen molar-refractivity contribution in [2.24, 2.45) is 0 Å². The summed E-state index contributed by atoms with van der Waals surface area (Å²) in [5, 5.41) is 6.83. The average molecular weight is 302 g/mol. The molecule has 3 rings (SSSR count). The molecule has 1 aliphatic carbocycles. The number of nitrogens with one attached hydrogen (secondary N) is 2. The standard InChI is InChI=1S/C15H18N4OS/c1-2-17-15-19-13(16)12(21-15)14(20)18-11-7-9-5-3-4-6-10(9)8-11/h3-6,11H,2,7-8,16H2,1H3,(H,17,19)(H,18,20). The molecule has 6 heteroatoms. The number of carbonyl (C=O) groups is 1. The van der Waals surface area contributed by atoms with Gasteiger partial charge in [-0.05, 0) is 30.9 Å². The molecule has 4 N–H and O–H groups in total. The predicted molar refractivity (Wildman–Crippen MR) is 85.8 cm³/mol. The van der Waals surface area contributed by atoms with Crippen molar-refractivity contribution in [2.75, 3.05) is 17.6 Å². The van der Waals surface area contributed by atoms with Crippen LogP contribution in [0.2, 0.25) is 0 Å². The molecule has 0 unspecified atom stereocenters. The number of aromatic nitrogens is 1. The van der Waals surface area contributed by atoms with Gasteiger partial charge in [-0.25, -0.2) is 4.98 Å². The largest absolute Gasteiger partial charge is 0.382 e. The Kier molecular flexibility index (Phi) is 3.79. The molecule has 0 saturated carbocycles. The second-order valence-electron chi connectivity index (χ2n) is 5.11. The van der Waals surface area contributed by atoms with E-state index >= 15 is 0 Å². The van der Waals surface area contributed by atoms with Crippen LogP contribution in [-0.4, -0.2) is 23.5 Å². The zero-order valence-electron chi connectivity index (χ0n) is 11.8. The molecule has 2 aromatic rings. The quantitative estimate of drug-likeness (QED) is 0.807. The van der Waals surface area contributed by atoms with E-state index in [0.717, 1.165) is 19.4 Å². The van der Waals surface area contributed by atoms with Crippen LogP contribution in [0.5, 0.6) is 0 Å². The average Bonchev–Trinajstić information content (AvgIpc) is 3.02. The van der Waals surface area contributed by atoms with Crippen LogP contribution in [0.4, 0.5) is 10.9 Å². The van der Waals surface area contributed by atoms with Crippen molar-refractivity contribution in [2.45, 2.75) is 25.8 Å². The van der Waals surface area contributed by atoms with Gasteiger partial charge in [-0.15, -0.1) is 0 Å². The third-order valence-corrected chi connectivity index (χ3v) is 4.60. The van der Waals surface area contributed by atoms with Crippen molar-refractivity contribution in [3.63, 3.8) is 0 Å². The van der Waals surface area contributed by atoms with Crippen LogP contribution in [0.1, 0.15) is 27.7 Å². The predicted octanol–water partition coefficient (Wildman–Crippen LogP) is 2.05. The lowest BCUT2D eigenvalue weighted by Crippen LogP contribution is -2.35. The molecule has 0 saturated heterocycles. The molecule has 0 radical (unpaired) electrons. The van der Waals surface area contributed by atoms with Crippen LogP contribution >= 0.6 is 11.3 Å². The Morgan fingerprint density at radius 1 is 1.38 bits per heavy atom. The number of nitrogens with two attached hydrogens (primary N) is 1. The smallest absolute Gasteiger partial charge is 0.265 e. The number of carbonyl (C=O) groups excluding carboxylic acids is 1. The normalized spacial score (nSPS) is 14.0. The number of anilines is 2. The van der Waals surface area contributed by atoms with Crippen molar-refractivity contribution in [1.29, 1.82) is 0 Å². The molecular formula is C15H18N4OS. The summed E-state index contributed by atoms with van der Waals surface area (Å²) in [6.07, 6.45) is 1.75. The molecule has 0 fully saturated rings. The molecule has 21 heavy (non-hydrogen) atoms. The molecule has 1 aromatic carbocycles. The molecular weight excluding hydrogens is 284 g/mol. The first-order valence-corrected chi connectivity index (χ1v) is 7.87. The van der Waals surface area contributed by atoms with Crippen LogP contribution in [0.15, 0.2) is 24.3 Å². The van der Waals surface area contributed by atoms with Gasteiger partial charge >= 0.3 is 0 Å². The number of rotatable bonds is 4. The molecule has 5 nitrogen and oxygen atoms in total. The van der Waals surface area contributed by atoms with E-state index in [9.17, 15) is 4.79 Å². The van der Waals surface area contributed by atoms with Gasteiger partial charge in [0, 0.05) is 12.6 Å². The van der Waals surface area contributed by atoms with Crippen LogP contribution in [0, 0.1) is 0 Å². The van der Waals surface area contributed by atoms with Crippen LogP contribution < -0.4 is 16.4 Å². The molecule has 1 heterocycles. The number of nitrogen functional groups attached to an aromatic ring is 1. The summed E-state index contributed by atoms with van der Waals surface area (Å²) in [4.78, 5) is 17.0. The zero-order chi connectivity index (χ0) is 14.8. The highest BCUT2D eigenvalue weighted by Gasteiger charge is 2.24. The molecule has 0 spiro atoms. The Labute approximate surface area is 127 Å². The van der Waals surface area contributed by atoms with E-state index in [1.165, 1.54) is 22.5 Å². The van der Waals surface area contributed by atoms with Gasteiger partial charge in [0.15, 0.2) is 5.13 Å². The van der Waals surface area contributed by atoms with Crippen molar-refractivity contribution < 1.29 is 4.79 Å². The first-order valence-electron chi connectivity index (χ1n) is 7.05. The lowest BCUT2D eigenvalue weighted by Gasteiger charge is -2.10. The highest BCUT2D eigenvalue weighted by Crippen LogP contribution is 2.26. The summed E-state index contributed by atoms with van der Waals surface area (Å²) in [6.45, 7) is 2.74. The fourth-order valence-corrected chi connectivity index (χ4v) is 3.49. The Balaban J connectivity index is 1.68. The lowest BCUT2D eigenvalue weighted by molar-refractivity contribution is 0.0943. The Hall–Kier alpha value is -2.08. The third kappa shape index (κ3) is 2.85. The SMILES string of the molecule is CCNc1nc(N)c(C(=O)NC2Cc3ccccc3C2)s1. The van der Waals surface area contributed by atoms with Crippen molar-refractivity contribution in [3.8, 4) is 0 Å². The third-order valence-electron chi connectivity index (χ3n) is 3.57. The minimum atomic E-state index is -0.132. The summed E-state index contributed by atoms with van der Waals surface area (Å²) in [6, 6.07) is 8.44. The summed E-state index contributed by atoms with van der Waals surface area (Å²) in [7, 11) is 0. The van der Waals surface area contributed by atoms with E-state index in [2.05, 4.69) is 27.8 Å². The Bertz CT molecular complexity index is 642. The van der Waals surface area contributed by atoms with E-state index < -0.39 is 0 Å². The van der Waals surface area contributed by atoms with Gasteiger partial charge in [-0.3, -0.25) is 4.79 Å². The highest BCUT2D eigenvalue weighted by atomic mass is 32.1. The number of hydrogen-bond donors (Lipinski definition) is 3. The Morgan fingerprint density at radius 3 is 2.67 bits per heavy atom. The zero-order valence-corrected chi connectivity index (χ0v) is 12.7. The lowest BCUT2D eigenvalue weighted by atomic mass is 10.1. The number of hydrogen-bond acceptors (Lipinski definition) is 5. The minimum Gasteiger partial charge on any atom is -0.382 e. The van der Waals surface area contributed by atoms with Crippen LogP contribution in [-0.2, 0) is 12.8 Å². The van der Waals surface area contributed by atoms with Gasteiger partial charge in [0.1, 0.15) is 10.7 Å². The highest BCUT2D eigenvalue weighted by molar-refractivity contribution is 7.18. The summed E-state index contributed by atoms with van der Waals surface area (Å²) >= 11 is 1.30. The maximum Gasteiger partial charge on any atom is 0.265 e. The van der Waals surface area contributed by atoms with Gasteiger partial charge in [0.05, 0.1) is 0 Å². The first-order chi connectivity index (χ1) is 10.2. The second kappa shape index (κ2) is 5.73. The number of fused-ring (bicyclic) bond motifs is 1. The van der Waals surface area contributed by atoms with Crippen molar-refractivity contribution >= 4 is 28.2 Å². The van der Waals surface area contributed by atoms with Gasteiger partial charge in [0.25, 0.3) is 5.91 Å². The van der Waals surface area contributed by atoms with Gasteiger partial charge in [0.2, 0.25) is 0 Å². The summed E-state index contributed by atoms with van der Waals surface area (Å²) in [5.74, 6) is 0.163. The molecule has 0 atom stereocenters. The maximum absolute atomic E-state index is 12.3. The van der Waals surface area contributed by atoms with E-state index in [1.807, 2.05) is 19.1 Å². The molecule has 1 aromatic heterocycles. The fourth-order valence-electron chi connectivity index (χ4n) is 2.63. The monoisotopic (exact) mass is 302 g/mol. The van der Waals surface area contributed by atoms with E-state index in [-0.39, 0.29) is 11.9 Å². The molecule has 110 valence electrons. The van der Waals surface area contributed by atoms with Crippen LogP contribution in [0.3, 0.4) is 0 Å². The number of nitrogens with zero attached hydrogens (tertiary/aromatic N) is 1. The van der Waals surface area contributed by atoms with Gasteiger partial charge in [-0.1, -0.05) is 35.6 Å². The minimum absolute atomic E-state index is 0.132.